The van der Waals surface area contributed by atoms with Crippen molar-refractivity contribution in [2.24, 2.45) is 0 Å². The molecule has 1 fully saturated rings. The number of halogens is 1. The maximum atomic E-state index is 13.4. The first-order chi connectivity index (χ1) is 13.6. The van der Waals surface area contributed by atoms with Gasteiger partial charge in [-0.3, -0.25) is 9.59 Å². The summed E-state index contributed by atoms with van der Waals surface area (Å²) in [7, 11) is 0. The summed E-state index contributed by atoms with van der Waals surface area (Å²) in [4.78, 5) is 31.4. The molecule has 4 rings (SSSR count). The van der Waals surface area contributed by atoms with Crippen LogP contribution in [0.2, 0.25) is 5.02 Å². The number of likely N-dealkylation sites (N-methyl/N-ethyl adjacent to an activating group) is 1. The standard InChI is InChI=1S/C22H22ClN3O2/c1-2-24-11-13-25(14-12-24)15-20-18-5-3-4-6-19(18)21(27)26(22(20)28)17-9-7-16(23)8-10-17/h3-10,15H,2,11-14H2,1H3/p+1. The number of anilines is 1. The molecule has 0 aliphatic carbocycles. The fourth-order valence-electron chi connectivity index (χ4n) is 3.81. The second-order valence-corrected chi connectivity index (χ2v) is 7.59. The van der Waals surface area contributed by atoms with E-state index in [-0.39, 0.29) is 11.8 Å². The topological polar surface area (TPSA) is 45.1 Å². The Morgan fingerprint density at radius 2 is 1.61 bits per heavy atom. The van der Waals surface area contributed by atoms with Gasteiger partial charge in [0, 0.05) is 22.3 Å². The summed E-state index contributed by atoms with van der Waals surface area (Å²) in [6, 6.07) is 14.1. The van der Waals surface area contributed by atoms with Gasteiger partial charge in [0.05, 0.1) is 44.0 Å². The van der Waals surface area contributed by atoms with Crippen LogP contribution in [0.15, 0.2) is 54.7 Å². The summed E-state index contributed by atoms with van der Waals surface area (Å²) in [6.07, 6.45) is 1.93. The highest BCUT2D eigenvalue weighted by Crippen LogP contribution is 2.32. The van der Waals surface area contributed by atoms with Crippen LogP contribution in [-0.2, 0) is 4.79 Å². The Morgan fingerprint density at radius 1 is 0.964 bits per heavy atom. The number of nitrogens with one attached hydrogen (secondary N) is 1. The highest BCUT2D eigenvalue weighted by atomic mass is 35.5. The minimum atomic E-state index is -0.305. The molecule has 0 unspecified atom stereocenters. The Morgan fingerprint density at radius 3 is 2.25 bits per heavy atom. The van der Waals surface area contributed by atoms with Gasteiger partial charge in [-0.25, -0.2) is 4.90 Å². The average molecular weight is 397 g/mol. The summed E-state index contributed by atoms with van der Waals surface area (Å²) in [6.45, 7) is 7.21. The predicted octanol–water partition coefficient (Wildman–Crippen LogP) is 2.09. The lowest BCUT2D eigenvalue weighted by Gasteiger charge is -2.33. The van der Waals surface area contributed by atoms with Crippen molar-refractivity contribution in [3.8, 4) is 0 Å². The van der Waals surface area contributed by atoms with E-state index in [0.717, 1.165) is 32.7 Å². The number of nitrogens with zero attached hydrogens (tertiary/aromatic N) is 2. The summed E-state index contributed by atoms with van der Waals surface area (Å²) in [5.74, 6) is -0.600. The summed E-state index contributed by atoms with van der Waals surface area (Å²) in [5, 5.41) is 0.563. The van der Waals surface area contributed by atoms with Crippen molar-refractivity contribution in [2.45, 2.75) is 6.92 Å². The number of imide groups is 1. The molecule has 0 radical (unpaired) electrons. The molecule has 2 aromatic rings. The van der Waals surface area contributed by atoms with E-state index in [0.29, 0.717) is 27.4 Å². The number of carbonyl (C=O) groups is 2. The molecular weight excluding hydrogens is 374 g/mol. The molecule has 0 bridgehead atoms. The van der Waals surface area contributed by atoms with E-state index in [1.54, 1.807) is 35.2 Å². The molecule has 2 aliphatic rings. The number of fused-ring (bicyclic) bond motifs is 1. The van der Waals surface area contributed by atoms with Gasteiger partial charge in [-0.05, 0) is 37.3 Å². The Bertz CT molecular complexity index is 931. The van der Waals surface area contributed by atoms with Gasteiger partial charge in [0.25, 0.3) is 11.8 Å². The van der Waals surface area contributed by atoms with E-state index in [4.69, 9.17) is 11.6 Å². The molecule has 1 N–H and O–H groups in total. The minimum absolute atomic E-state index is 0.295. The van der Waals surface area contributed by atoms with E-state index in [2.05, 4.69) is 11.8 Å². The zero-order chi connectivity index (χ0) is 19.7. The maximum Gasteiger partial charge on any atom is 0.267 e. The van der Waals surface area contributed by atoms with Crippen LogP contribution in [0.25, 0.3) is 5.57 Å². The quantitative estimate of drug-likeness (QED) is 0.638. The average Bonchev–Trinajstić information content (AvgIpc) is 2.73. The molecular formula is C22H23ClN3O2+. The molecule has 1 saturated heterocycles. The largest absolute Gasteiger partial charge is 0.365 e. The third-order valence-electron chi connectivity index (χ3n) is 5.49. The van der Waals surface area contributed by atoms with Gasteiger partial charge in [0.2, 0.25) is 0 Å². The van der Waals surface area contributed by atoms with Crippen LogP contribution in [0.5, 0.6) is 0 Å². The van der Waals surface area contributed by atoms with Crippen LogP contribution < -0.4 is 9.80 Å². The van der Waals surface area contributed by atoms with E-state index in [9.17, 15) is 9.59 Å². The second-order valence-electron chi connectivity index (χ2n) is 7.15. The third kappa shape index (κ3) is 3.43. The van der Waals surface area contributed by atoms with Crippen LogP contribution in [-0.4, -0.2) is 49.4 Å². The highest BCUT2D eigenvalue weighted by molar-refractivity contribution is 6.41. The van der Waals surface area contributed by atoms with Crippen molar-refractivity contribution in [1.82, 2.24) is 4.90 Å². The number of piperazine rings is 1. The van der Waals surface area contributed by atoms with E-state index < -0.39 is 0 Å². The van der Waals surface area contributed by atoms with Gasteiger partial charge >= 0.3 is 0 Å². The lowest BCUT2D eigenvalue weighted by atomic mass is 9.93. The van der Waals surface area contributed by atoms with Crippen molar-refractivity contribution in [2.75, 3.05) is 37.6 Å². The van der Waals surface area contributed by atoms with Gasteiger partial charge in [0.15, 0.2) is 0 Å². The molecule has 5 nitrogen and oxygen atoms in total. The molecule has 0 spiro atoms. The Hall–Kier alpha value is -2.63. The SMILES string of the molecule is CC[NH+]1CCN(C=C2C(=O)N(c3ccc(Cl)cc3)C(=O)c3ccccc32)CC1. The van der Waals surface area contributed by atoms with Gasteiger partial charge in [0.1, 0.15) is 0 Å². The molecule has 0 aromatic heterocycles. The first-order valence-electron chi connectivity index (χ1n) is 9.61. The Kier molecular flexibility index (Phi) is 5.20. The lowest BCUT2D eigenvalue weighted by Crippen LogP contribution is -3.14. The van der Waals surface area contributed by atoms with Gasteiger partial charge in [-0.2, -0.15) is 0 Å². The van der Waals surface area contributed by atoms with Crippen molar-refractivity contribution in [3.63, 3.8) is 0 Å². The fraction of sp³-hybridized carbons (Fsp3) is 0.273. The summed E-state index contributed by atoms with van der Waals surface area (Å²) >= 11 is 5.98. The molecule has 2 aliphatic heterocycles. The predicted molar refractivity (Wildman–Crippen MR) is 110 cm³/mol. The first-order valence-corrected chi connectivity index (χ1v) is 9.99. The van der Waals surface area contributed by atoms with E-state index in [1.165, 1.54) is 4.90 Å². The Labute approximate surface area is 169 Å². The van der Waals surface area contributed by atoms with Crippen LogP contribution in [0, 0.1) is 0 Å². The van der Waals surface area contributed by atoms with Crippen molar-refractivity contribution in [1.29, 1.82) is 0 Å². The number of hydrogen-bond acceptors (Lipinski definition) is 3. The molecule has 2 aromatic carbocycles. The van der Waals surface area contributed by atoms with E-state index in [1.807, 2.05) is 24.4 Å². The van der Waals surface area contributed by atoms with E-state index >= 15 is 0 Å². The van der Waals surface area contributed by atoms with Crippen LogP contribution in [0.3, 0.4) is 0 Å². The van der Waals surface area contributed by atoms with Crippen LogP contribution >= 0.6 is 11.6 Å². The normalized spacial score (nSPS) is 19.3. The zero-order valence-corrected chi connectivity index (χ0v) is 16.6. The van der Waals surface area contributed by atoms with Crippen molar-refractivity contribution in [3.05, 3.63) is 70.9 Å². The fourth-order valence-corrected chi connectivity index (χ4v) is 3.93. The zero-order valence-electron chi connectivity index (χ0n) is 15.8. The summed E-state index contributed by atoms with van der Waals surface area (Å²) < 4.78 is 0. The molecule has 2 heterocycles. The number of quaternary nitrogens is 1. The number of rotatable bonds is 3. The minimum Gasteiger partial charge on any atom is -0.365 e. The highest BCUT2D eigenvalue weighted by Gasteiger charge is 2.36. The molecule has 2 amide bonds. The molecule has 0 atom stereocenters. The van der Waals surface area contributed by atoms with Crippen molar-refractivity contribution < 1.29 is 14.5 Å². The molecule has 6 heteroatoms. The number of benzene rings is 2. The maximum absolute atomic E-state index is 13.4. The number of carbonyl (C=O) groups excluding carboxylic acids is 2. The third-order valence-corrected chi connectivity index (χ3v) is 5.74. The van der Waals surface area contributed by atoms with Crippen molar-refractivity contribution >= 4 is 34.7 Å². The molecule has 0 saturated carbocycles. The lowest BCUT2D eigenvalue weighted by molar-refractivity contribution is -0.902. The van der Waals surface area contributed by atoms with Gasteiger partial charge in [-0.15, -0.1) is 0 Å². The van der Waals surface area contributed by atoms with Crippen LogP contribution in [0.4, 0.5) is 5.69 Å². The van der Waals surface area contributed by atoms with Crippen LogP contribution in [0.1, 0.15) is 22.8 Å². The smallest absolute Gasteiger partial charge is 0.267 e. The van der Waals surface area contributed by atoms with Gasteiger partial charge in [-0.1, -0.05) is 29.8 Å². The Balaban J connectivity index is 1.74. The monoisotopic (exact) mass is 396 g/mol. The number of amides is 2. The number of hydrogen-bond donors (Lipinski definition) is 1. The molecule has 28 heavy (non-hydrogen) atoms. The molecule has 144 valence electrons. The second kappa shape index (κ2) is 7.78. The summed E-state index contributed by atoms with van der Waals surface area (Å²) in [5.41, 5.74) is 2.33. The van der Waals surface area contributed by atoms with Gasteiger partial charge < -0.3 is 9.80 Å². The first kappa shape index (κ1) is 18.7.